The fourth-order valence-corrected chi connectivity index (χ4v) is 4.29. The smallest absolute Gasteiger partial charge is 0.329 e. The Morgan fingerprint density at radius 1 is 1.06 bits per heavy atom. The Hall–Kier alpha value is -3.30. The van der Waals surface area contributed by atoms with E-state index in [0.717, 1.165) is 21.4 Å². The monoisotopic (exact) mass is 526 g/mol. The predicted octanol–water partition coefficient (Wildman–Crippen LogP) is 4.63. The molecule has 4 N–H and O–H groups in total. The number of imidazole rings is 2. The number of nitrogens with zero attached hydrogens (tertiary/aromatic N) is 2. The average Bonchev–Trinajstić information content (AvgIpc) is 3.33. The molecule has 4 aromatic rings. The topological polar surface area (TPSA) is 116 Å². The fraction of sp³-hybridized carbons (Fsp3) is 0.280. The van der Waals surface area contributed by atoms with E-state index in [1.54, 1.807) is 24.3 Å². The highest BCUT2D eigenvalue weighted by molar-refractivity contribution is 9.10. The van der Waals surface area contributed by atoms with Gasteiger partial charge in [0.1, 0.15) is 29.9 Å². The summed E-state index contributed by atoms with van der Waals surface area (Å²) < 4.78 is 7.71. The summed E-state index contributed by atoms with van der Waals surface area (Å²) >= 11 is 3.45. The molecule has 0 radical (unpaired) electrons. The lowest BCUT2D eigenvalue weighted by atomic mass is 10.0. The van der Waals surface area contributed by atoms with Gasteiger partial charge in [-0.05, 0) is 49.2 Å². The molecule has 0 unspecified atom stereocenters. The summed E-state index contributed by atoms with van der Waals surface area (Å²) in [5.74, 6) is 0.989. The zero-order valence-electron chi connectivity index (χ0n) is 19.2. The van der Waals surface area contributed by atoms with Crippen LogP contribution in [0.4, 0.5) is 0 Å². The second kappa shape index (κ2) is 9.90. The summed E-state index contributed by atoms with van der Waals surface area (Å²) in [7, 11) is 0. The van der Waals surface area contributed by atoms with Crippen LogP contribution in [0.2, 0.25) is 0 Å². The van der Waals surface area contributed by atoms with Gasteiger partial charge in [0.2, 0.25) is 5.88 Å². The number of hydrogen-bond donors (Lipinski definition) is 4. The van der Waals surface area contributed by atoms with Crippen molar-refractivity contribution in [2.24, 2.45) is 5.92 Å². The van der Waals surface area contributed by atoms with Gasteiger partial charge in [-0.3, -0.25) is 4.57 Å². The lowest BCUT2D eigenvalue weighted by Gasteiger charge is -2.20. The molecule has 34 heavy (non-hydrogen) atoms. The summed E-state index contributed by atoms with van der Waals surface area (Å²) in [5.41, 5.74) is 3.17. The van der Waals surface area contributed by atoms with Crippen molar-refractivity contribution in [1.82, 2.24) is 19.5 Å². The minimum Gasteiger partial charge on any atom is -0.493 e. The molecule has 8 nitrogen and oxygen atoms in total. The molecule has 9 heteroatoms. The molecule has 0 aliphatic rings. The number of aromatic nitrogens is 4. The normalized spacial score (nSPS) is 12.3. The van der Waals surface area contributed by atoms with E-state index in [2.05, 4.69) is 25.9 Å². The van der Waals surface area contributed by atoms with E-state index >= 15 is 0 Å². The van der Waals surface area contributed by atoms with Gasteiger partial charge in [-0.25, -0.2) is 9.78 Å². The Morgan fingerprint density at radius 2 is 1.71 bits per heavy atom. The third-order valence-electron chi connectivity index (χ3n) is 5.62. The van der Waals surface area contributed by atoms with Crippen molar-refractivity contribution in [3.63, 3.8) is 0 Å². The first-order valence-corrected chi connectivity index (χ1v) is 11.8. The van der Waals surface area contributed by atoms with Gasteiger partial charge < -0.3 is 24.9 Å². The van der Waals surface area contributed by atoms with Crippen molar-refractivity contribution in [2.45, 2.75) is 26.8 Å². The molecule has 2 heterocycles. The number of halogens is 1. The molecule has 1 atom stereocenters. The van der Waals surface area contributed by atoms with Crippen molar-refractivity contribution >= 4 is 15.9 Å². The van der Waals surface area contributed by atoms with Crippen molar-refractivity contribution in [2.75, 3.05) is 13.2 Å². The number of aliphatic hydroxyl groups is 1. The zero-order chi connectivity index (χ0) is 24.4. The van der Waals surface area contributed by atoms with Crippen LogP contribution in [-0.2, 0) is 0 Å². The first-order valence-electron chi connectivity index (χ1n) is 11.0. The van der Waals surface area contributed by atoms with Gasteiger partial charge in [-0.15, -0.1) is 0 Å². The van der Waals surface area contributed by atoms with Crippen LogP contribution in [0.1, 0.15) is 31.4 Å². The number of hydrogen-bond acceptors (Lipinski definition) is 5. The SMILES string of the molecule is Cc1[nH]c([C@@H](C(C)C)n2c(O)c(-c3ccc(OCCO)cc3)[nH]c2=O)nc1-c1ccc(Br)cc1. The maximum atomic E-state index is 13.0. The van der Waals surface area contributed by atoms with E-state index < -0.39 is 11.7 Å². The summed E-state index contributed by atoms with van der Waals surface area (Å²) in [5, 5.41) is 20.0. The Kier molecular flexibility index (Phi) is 6.95. The highest BCUT2D eigenvalue weighted by atomic mass is 79.9. The molecule has 0 spiro atoms. The van der Waals surface area contributed by atoms with Crippen LogP contribution in [0.3, 0.4) is 0 Å². The van der Waals surface area contributed by atoms with Gasteiger partial charge in [0.25, 0.3) is 0 Å². The summed E-state index contributed by atoms with van der Waals surface area (Å²) in [6.45, 7) is 6.02. The minimum atomic E-state index is -0.507. The van der Waals surface area contributed by atoms with Crippen LogP contribution in [0.5, 0.6) is 11.6 Å². The van der Waals surface area contributed by atoms with Gasteiger partial charge in [0.05, 0.1) is 12.3 Å². The Labute approximate surface area is 205 Å². The molecule has 0 fully saturated rings. The summed E-state index contributed by atoms with van der Waals surface area (Å²) in [6, 6.07) is 14.3. The van der Waals surface area contributed by atoms with Crippen LogP contribution in [-0.4, -0.2) is 42.9 Å². The Balaban J connectivity index is 1.73. The zero-order valence-corrected chi connectivity index (χ0v) is 20.8. The number of H-pyrrole nitrogens is 2. The second-order valence-electron chi connectivity index (χ2n) is 8.39. The van der Waals surface area contributed by atoms with Gasteiger partial charge in [0, 0.05) is 21.3 Å². The molecule has 0 bridgehead atoms. The molecule has 0 amide bonds. The third-order valence-corrected chi connectivity index (χ3v) is 6.14. The molecule has 4 rings (SSSR count). The minimum absolute atomic E-state index is 0.0372. The fourth-order valence-electron chi connectivity index (χ4n) is 4.03. The summed E-state index contributed by atoms with van der Waals surface area (Å²) in [4.78, 5) is 23.9. The Morgan fingerprint density at radius 3 is 2.32 bits per heavy atom. The number of rotatable bonds is 8. The van der Waals surface area contributed by atoms with Gasteiger partial charge in [0.15, 0.2) is 0 Å². The first kappa shape index (κ1) is 23.8. The van der Waals surface area contributed by atoms with Crippen molar-refractivity contribution in [1.29, 1.82) is 0 Å². The van der Waals surface area contributed by atoms with E-state index in [0.29, 0.717) is 22.8 Å². The molecular weight excluding hydrogens is 500 g/mol. The second-order valence-corrected chi connectivity index (χ2v) is 9.30. The molecule has 0 aliphatic carbocycles. The van der Waals surface area contributed by atoms with Gasteiger partial charge in [-0.2, -0.15) is 0 Å². The van der Waals surface area contributed by atoms with Crippen molar-refractivity contribution < 1.29 is 14.9 Å². The quantitative estimate of drug-likeness (QED) is 0.267. The van der Waals surface area contributed by atoms with E-state index in [1.807, 2.05) is 45.0 Å². The predicted molar refractivity (Wildman–Crippen MR) is 134 cm³/mol. The number of aromatic hydroxyl groups is 1. The lowest BCUT2D eigenvalue weighted by Crippen LogP contribution is -2.27. The number of benzene rings is 2. The average molecular weight is 527 g/mol. The largest absolute Gasteiger partial charge is 0.493 e. The molecule has 0 saturated carbocycles. The maximum Gasteiger partial charge on any atom is 0.329 e. The first-order chi connectivity index (χ1) is 16.3. The van der Waals surface area contributed by atoms with Crippen LogP contribution >= 0.6 is 15.9 Å². The van der Waals surface area contributed by atoms with Crippen LogP contribution < -0.4 is 10.4 Å². The van der Waals surface area contributed by atoms with Crippen molar-refractivity contribution in [3.8, 4) is 34.1 Å². The van der Waals surface area contributed by atoms with Gasteiger partial charge >= 0.3 is 5.69 Å². The third kappa shape index (κ3) is 4.67. The Bertz CT molecular complexity index is 1320. The maximum absolute atomic E-state index is 13.0. The van der Waals surface area contributed by atoms with E-state index in [9.17, 15) is 9.90 Å². The highest BCUT2D eigenvalue weighted by Crippen LogP contribution is 2.35. The molecule has 0 aliphatic heterocycles. The number of ether oxygens (including phenoxy) is 1. The van der Waals surface area contributed by atoms with Crippen LogP contribution in [0, 0.1) is 12.8 Å². The standard InChI is InChI=1S/C25H27BrN4O4/c1-14(2)22(23-27-15(3)20(28-23)16-4-8-18(26)9-5-16)30-24(32)21(29-25(30)33)17-6-10-19(11-7-17)34-13-12-31/h4-11,14,22,31-32H,12-13H2,1-3H3,(H,27,28)(H,29,33)/t22-/m1/s1. The molecule has 0 saturated heterocycles. The number of aliphatic hydroxyl groups excluding tert-OH is 1. The molecular formula is C25H27BrN4O4. The van der Waals surface area contributed by atoms with E-state index in [1.165, 1.54) is 4.57 Å². The lowest BCUT2D eigenvalue weighted by molar-refractivity contribution is 0.201. The van der Waals surface area contributed by atoms with Crippen LogP contribution in [0.15, 0.2) is 57.8 Å². The van der Waals surface area contributed by atoms with Crippen LogP contribution in [0.25, 0.3) is 22.5 Å². The highest BCUT2D eigenvalue weighted by Gasteiger charge is 2.29. The van der Waals surface area contributed by atoms with Crippen molar-refractivity contribution in [3.05, 3.63) is 75.0 Å². The van der Waals surface area contributed by atoms with E-state index in [4.69, 9.17) is 14.8 Å². The molecule has 178 valence electrons. The number of aryl methyl sites for hydroxylation is 1. The molecule has 2 aromatic heterocycles. The number of aromatic amines is 2. The van der Waals surface area contributed by atoms with Gasteiger partial charge in [-0.1, -0.05) is 41.9 Å². The molecule has 2 aromatic carbocycles. The summed E-state index contributed by atoms with van der Waals surface area (Å²) in [6.07, 6.45) is 0. The van der Waals surface area contributed by atoms with E-state index in [-0.39, 0.29) is 25.0 Å². The number of nitrogens with one attached hydrogen (secondary N) is 2.